The fraction of sp³-hybridized carbons (Fsp3) is 0. The average Bonchev–Trinajstić information content (AvgIpc) is 2.38. The number of carbonyl (C=O) groups excluding carboxylic acids is 1. The van der Waals surface area contributed by atoms with E-state index in [9.17, 15) is 4.79 Å². The summed E-state index contributed by atoms with van der Waals surface area (Å²) >= 11 is 0. The van der Waals surface area contributed by atoms with E-state index >= 15 is 0 Å². The average molecular weight is 214 g/mol. The molecule has 0 saturated carbocycles. The van der Waals surface area contributed by atoms with Crippen molar-refractivity contribution >= 4 is 5.91 Å². The van der Waals surface area contributed by atoms with Gasteiger partial charge in [0.1, 0.15) is 0 Å². The lowest BCUT2D eigenvalue weighted by Gasteiger charge is -2.05. The highest BCUT2D eigenvalue weighted by atomic mass is 16.7. The number of nitrogens with one attached hydrogen (secondary N) is 1. The van der Waals surface area contributed by atoms with Gasteiger partial charge >= 0.3 is 0 Å². The van der Waals surface area contributed by atoms with Crippen molar-refractivity contribution in [2.75, 3.05) is 0 Å². The highest BCUT2D eigenvalue weighted by Crippen LogP contribution is 2.05. The van der Waals surface area contributed by atoms with E-state index in [2.05, 4.69) is 10.5 Å². The van der Waals surface area contributed by atoms with Gasteiger partial charge in [0, 0.05) is 11.8 Å². The van der Waals surface area contributed by atoms with Gasteiger partial charge in [-0.05, 0) is 24.3 Å². The molecule has 4 nitrogen and oxygen atoms in total. The Labute approximate surface area is 92.9 Å². The molecular weight excluding hydrogens is 204 g/mol. The number of hydroxylamine groups is 1. The molecule has 16 heavy (non-hydrogen) atoms. The number of rotatable bonds is 3. The Bertz CT molecular complexity index is 457. The van der Waals surface area contributed by atoms with Crippen LogP contribution in [0.2, 0.25) is 0 Å². The van der Waals surface area contributed by atoms with Gasteiger partial charge < -0.3 is 4.84 Å². The topological polar surface area (TPSA) is 51.2 Å². The Morgan fingerprint density at radius 1 is 1.12 bits per heavy atom. The summed E-state index contributed by atoms with van der Waals surface area (Å²) in [4.78, 5) is 20.5. The van der Waals surface area contributed by atoms with Crippen molar-refractivity contribution in [1.29, 1.82) is 0 Å². The zero-order valence-electron chi connectivity index (χ0n) is 8.46. The largest absolute Gasteiger partial charge is 0.378 e. The first-order valence-corrected chi connectivity index (χ1v) is 4.78. The zero-order valence-corrected chi connectivity index (χ0v) is 8.46. The van der Waals surface area contributed by atoms with Gasteiger partial charge in [-0.25, -0.2) is 0 Å². The second-order valence-electron chi connectivity index (χ2n) is 3.09. The first-order chi connectivity index (χ1) is 7.86. The zero-order chi connectivity index (χ0) is 11.2. The maximum Gasteiger partial charge on any atom is 0.283 e. The molecule has 1 amide bonds. The number of carbonyl (C=O) groups is 1. The smallest absolute Gasteiger partial charge is 0.283 e. The lowest BCUT2D eigenvalue weighted by molar-refractivity contribution is 0.0759. The van der Waals surface area contributed by atoms with Crippen LogP contribution in [0.25, 0.3) is 0 Å². The Hall–Kier alpha value is -2.36. The SMILES string of the molecule is O=C(NOc1cccnc1)c1ccccc1. The molecule has 4 heteroatoms. The predicted molar refractivity (Wildman–Crippen MR) is 58.8 cm³/mol. The Morgan fingerprint density at radius 3 is 2.62 bits per heavy atom. The number of nitrogens with zero attached hydrogens (tertiary/aromatic N) is 1. The van der Waals surface area contributed by atoms with Crippen LogP contribution in [-0.4, -0.2) is 10.9 Å². The molecule has 0 unspecified atom stereocenters. The van der Waals surface area contributed by atoms with Crippen LogP contribution in [0.15, 0.2) is 54.9 Å². The maximum atomic E-state index is 11.6. The first-order valence-electron chi connectivity index (χ1n) is 4.78. The van der Waals surface area contributed by atoms with Crippen molar-refractivity contribution < 1.29 is 9.63 Å². The number of aromatic nitrogens is 1. The molecular formula is C12H10N2O2. The second-order valence-corrected chi connectivity index (χ2v) is 3.09. The maximum absolute atomic E-state index is 11.6. The molecule has 0 aliphatic rings. The highest BCUT2D eigenvalue weighted by molar-refractivity contribution is 5.93. The fourth-order valence-corrected chi connectivity index (χ4v) is 1.16. The summed E-state index contributed by atoms with van der Waals surface area (Å²) in [6.45, 7) is 0. The lowest BCUT2D eigenvalue weighted by Crippen LogP contribution is -2.26. The van der Waals surface area contributed by atoms with Crippen LogP contribution in [0.3, 0.4) is 0 Å². The van der Waals surface area contributed by atoms with E-state index in [1.165, 1.54) is 6.20 Å². The van der Waals surface area contributed by atoms with Gasteiger partial charge in [0.15, 0.2) is 5.75 Å². The third-order valence-electron chi connectivity index (χ3n) is 1.93. The van der Waals surface area contributed by atoms with Crippen molar-refractivity contribution in [3.8, 4) is 5.75 Å². The summed E-state index contributed by atoms with van der Waals surface area (Å²) in [6, 6.07) is 12.3. The van der Waals surface area contributed by atoms with E-state index in [0.29, 0.717) is 11.3 Å². The molecule has 80 valence electrons. The molecule has 1 aromatic heterocycles. The van der Waals surface area contributed by atoms with E-state index < -0.39 is 0 Å². The summed E-state index contributed by atoms with van der Waals surface area (Å²) in [7, 11) is 0. The van der Waals surface area contributed by atoms with Crippen LogP contribution in [0.1, 0.15) is 10.4 Å². The van der Waals surface area contributed by atoms with E-state index in [1.54, 1.807) is 42.6 Å². The molecule has 0 spiro atoms. The molecule has 0 aliphatic carbocycles. The minimum absolute atomic E-state index is 0.288. The summed E-state index contributed by atoms with van der Waals surface area (Å²) < 4.78 is 0. The lowest BCUT2D eigenvalue weighted by atomic mass is 10.2. The molecule has 1 aromatic carbocycles. The summed E-state index contributed by atoms with van der Waals surface area (Å²) in [6.07, 6.45) is 3.15. The van der Waals surface area contributed by atoms with Crippen LogP contribution in [0, 0.1) is 0 Å². The van der Waals surface area contributed by atoms with Gasteiger partial charge in [0.25, 0.3) is 5.91 Å². The van der Waals surface area contributed by atoms with E-state index in [0.717, 1.165) is 0 Å². The monoisotopic (exact) mass is 214 g/mol. The van der Waals surface area contributed by atoms with Gasteiger partial charge in [0.2, 0.25) is 0 Å². The Balaban J connectivity index is 1.95. The number of benzene rings is 1. The molecule has 0 bridgehead atoms. The first kappa shape index (κ1) is 10.2. The molecule has 2 rings (SSSR count). The number of hydrogen-bond donors (Lipinski definition) is 1. The van der Waals surface area contributed by atoms with Crippen molar-refractivity contribution in [3.63, 3.8) is 0 Å². The van der Waals surface area contributed by atoms with Crippen LogP contribution in [0.5, 0.6) is 5.75 Å². The molecule has 0 saturated heterocycles. The number of amides is 1. The molecule has 0 radical (unpaired) electrons. The molecule has 0 aliphatic heterocycles. The molecule has 1 N–H and O–H groups in total. The van der Waals surface area contributed by atoms with Gasteiger partial charge in [0.05, 0.1) is 6.20 Å². The summed E-state index contributed by atoms with van der Waals surface area (Å²) in [5, 5.41) is 0. The standard InChI is InChI=1S/C12H10N2O2/c15-12(10-5-2-1-3-6-10)14-16-11-7-4-8-13-9-11/h1-9H,(H,14,15). The number of hydrogen-bond acceptors (Lipinski definition) is 3. The quantitative estimate of drug-likeness (QED) is 0.793. The molecule has 0 fully saturated rings. The van der Waals surface area contributed by atoms with Gasteiger partial charge in [-0.15, -0.1) is 0 Å². The van der Waals surface area contributed by atoms with Crippen LogP contribution < -0.4 is 10.3 Å². The minimum atomic E-state index is -0.288. The predicted octanol–water partition coefficient (Wildman–Crippen LogP) is 1.81. The van der Waals surface area contributed by atoms with Crippen molar-refractivity contribution in [2.24, 2.45) is 0 Å². The summed E-state index contributed by atoms with van der Waals surface area (Å²) in [5.41, 5.74) is 2.88. The van der Waals surface area contributed by atoms with Crippen LogP contribution in [0.4, 0.5) is 0 Å². The Morgan fingerprint density at radius 2 is 1.94 bits per heavy atom. The van der Waals surface area contributed by atoms with Gasteiger partial charge in [-0.2, -0.15) is 5.48 Å². The van der Waals surface area contributed by atoms with Gasteiger partial charge in [-0.3, -0.25) is 9.78 Å². The normalized spacial score (nSPS) is 9.50. The molecule has 1 heterocycles. The number of pyridine rings is 1. The van der Waals surface area contributed by atoms with Gasteiger partial charge in [-0.1, -0.05) is 18.2 Å². The minimum Gasteiger partial charge on any atom is -0.378 e. The van der Waals surface area contributed by atoms with Crippen LogP contribution in [-0.2, 0) is 0 Å². The van der Waals surface area contributed by atoms with E-state index in [1.807, 2.05) is 6.07 Å². The second kappa shape index (κ2) is 4.93. The molecule has 0 atom stereocenters. The van der Waals surface area contributed by atoms with E-state index in [4.69, 9.17) is 4.84 Å². The Kier molecular flexibility index (Phi) is 3.13. The fourth-order valence-electron chi connectivity index (χ4n) is 1.16. The van der Waals surface area contributed by atoms with Crippen molar-refractivity contribution in [2.45, 2.75) is 0 Å². The van der Waals surface area contributed by atoms with Crippen LogP contribution >= 0.6 is 0 Å². The third-order valence-corrected chi connectivity index (χ3v) is 1.93. The van der Waals surface area contributed by atoms with Crippen molar-refractivity contribution in [1.82, 2.24) is 10.5 Å². The third kappa shape index (κ3) is 2.57. The highest BCUT2D eigenvalue weighted by Gasteiger charge is 2.04. The van der Waals surface area contributed by atoms with Crippen molar-refractivity contribution in [3.05, 3.63) is 60.4 Å². The summed E-state index contributed by atoms with van der Waals surface area (Å²) in [5.74, 6) is 0.205. The van der Waals surface area contributed by atoms with E-state index in [-0.39, 0.29) is 5.91 Å². The molecule has 2 aromatic rings.